The number of rotatable bonds is 8. The number of nitrogens with zero attached hydrogens (tertiary/aromatic N) is 2. The van der Waals surface area contributed by atoms with Crippen LogP contribution in [0.4, 0.5) is 4.39 Å². The van der Waals surface area contributed by atoms with Gasteiger partial charge in [-0.2, -0.15) is 5.10 Å². The van der Waals surface area contributed by atoms with E-state index >= 15 is 0 Å². The second-order valence-corrected chi connectivity index (χ2v) is 7.75. The van der Waals surface area contributed by atoms with E-state index in [9.17, 15) is 9.18 Å². The Balaban J connectivity index is 1.41. The van der Waals surface area contributed by atoms with Gasteiger partial charge in [0, 0.05) is 11.6 Å². The molecule has 1 N–H and O–H groups in total. The molecular formula is C27H23FN2O3. The van der Waals surface area contributed by atoms with Gasteiger partial charge in [-0.05, 0) is 53.9 Å². The molecule has 1 aromatic heterocycles. The lowest BCUT2D eigenvalue weighted by atomic mass is 9.96. The molecule has 1 unspecified atom stereocenters. The lowest BCUT2D eigenvalue weighted by molar-refractivity contribution is -0.137. The minimum atomic E-state index is -0.876. The van der Waals surface area contributed by atoms with E-state index in [-0.39, 0.29) is 18.2 Å². The smallest absolute Gasteiger partial charge is 0.304 e. The monoisotopic (exact) mass is 442 g/mol. The van der Waals surface area contributed by atoms with Crippen molar-refractivity contribution in [1.29, 1.82) is 0 Å². The lowest BCUT2D eigenvalue weighted by Gasteiger charge is -2.11. The van der Waals surface area contributed by atoms with E-state index in [1.807, 2.05) is 53.3 Å². The van der Waals surface area contributed by atoms with Crippen molar-refractivity contribution in [1.82, 2.24) is 9.78 Å². The molecule has 4 aromatic rings. The van der Waals surface area contributed by atoms with Crippen molar-refractivity contribution in [2.45, 2.75) is 32.4 Å². The number of fused-ring (bicyclic) bond motifs is 1. The SMILES string of the molecule is CC#CC(CC(=O)O)c1ccc(OCc2ccc3cn(Cc4ccc(F)cc4)nc3c2)cc1. The van der Waals surface area contributed by atoms with Gasteiger partial charge in [-0.3, -0.25) is 9.48 Å². The zero-order valence-corrected chi connectivity index (χ0v) is 18.2. The maximum absolute atomic E-state index is 13.1. The van der Waals surface area contributed by atoms with Gasteiger partial charge in [-0.15, -0.1) is 5.92 Å². The van der Waals surface area contributed by atoms with E-state index in [2.05, 4.69) is 16.9 Å². The first-order valence-corrected chi connectivity index (χ1v) is 10.6. The molecule has 0 spiro atoms. The Bertz CT molecular complexity index is 1320. The summed E-state index contributed by atoms with van der Waals surface area (Å²) in [7, 11) is 0. The Labute approximate surface area is 191 Å². The van der Waals surface area contributed by atoms with Crippen molar-refractivity contribution in [2.75, 3.05) is 0 Å². The van der Waals surface area contributed by atoms with Crippen LogP contribution in [0.3, 0.4) is 0 Å². The molecule has 4 rings (SSSR count). The third kappa shape index (κ3) is 5.78. The fourth-order valence-electron chi connectivity index (χ4n) is 3.62. The van der Waals surface area contributed by atoms with Gasteiger partial charge in [0.05, 0.1) is 24.4 Å². The van der Waals surface area contributed by atoms with Crippen molar-refractivity contribution >= 4 is 16.9 Å². The maximum Gasteiger partial charge on any atom is 0.304 e. The molecule has 0 aliphatic heterocycles. The van der Waals surface area contributed by atoms with Gasteiger partial charge in [0.25, 0.3) is 0 Å². The number of aromatic nitrogens is 2. The van der Waals surface area contributed by atoms with E-state index in [0.29, 0.717) is 18.9 Å². The predicted octanol–water partition coefficient (Wildman–Crippen LogP) is 5.38. The summed E-state index contributed by atoms with van der Waals surface area (Å²) in [6.07, 6.45) is 1.93. The highest BCUT2D eigenvalue weighted by molar-refractivity contribution is 5.78. The molecule has 1 heterocycles. The molecule has 0 saturated heterocycles. The number of carbonyl (C=O) groups is 1. The highest BCUT2D eigenvalue weighted by Crippen LogP contribution is 2.23. The number of benzene rings is 3. The van der Waals surface area contributed by atoms with Gasteiger partial charge in [0.15, 0.2) is 0 Å². The summed E-state index contributed by atoms with van der Waals surface area (Å²) in [5.41, 5.74) is 3.68. The number of hydrogen-bond donors (Lipinski definition) is 1. The largest absolute Gasteiger partial charge is 0.489 e. The van der Waals surface area contributed by atoms with Crippen molar-refractivity contribution in [2.24, 2.45) is 0 Å². The van der Waals surface area contributed by atoms with Gasteiger partial charge < -0.3 is 9.84 Å². The highest BCUT2D eigenvalue weighted by atomic mass is 19.1. The lowest BCUT2D eigenvalue weighted by Crippen LogP contribution is -2.04. The maximum atomic E-state index is 13.1. The topological polar surface area (TPSA) is 64.3 Å². The molecule has 6 heteroatoms. The fourth-order valence-corrected chi connectivity index (χ4v) is 3.62. The summed E-state index contributed by atoms with van der Waals surface area (Å²) < 4.78 is 20.9. The van der Waals surface area contributed by atoms with Gasteiger partial charge in [0.2, 0.25) is 0 Å². The van der Waals surface area contributed by atoms with Crippen LogP contribution < -0.4 is 4.74 Å². The molecule has 166 valence electrons. The normalized spacial score (nSPS) is 11.6. The Kier molecular flexibility index (Phi) is 6.70. The van der Waals surface area contributed by atoms with Crippen LogP contribution in [0.2, 0.25) is 0 Å². The number of ether oxygens (including phenoxy) is 1. The number of carboxylic acid groups (broad SMARTS) is 1. The summed E-state index contributed by atoms with van der Waals surface area (Å²) in [6.45, 7) is 2.65. The van der Waals surface area contributed by atoms with Crippen molar-refractivity contribution in [3.05, 3.63) is 95.4 Å². The molecule has 0 saturated carbocycles. The van der Waals surface area contributed by atoms with Crippen LogP contribution in [-0.2, 0) is 17.9 Å². The average molecular weight is 442 g/mol. The van der Waals surface area contributed by atoms with Crippen LogP contribution in [0.15, 0.2) is 72.9 Å². The van der Waals surface area contributed by atoms with Crippen molar-refractivity contribution in [3.8, 4) is 17.6 Å². The molecule has 0 fully saturated rings. The molecule has 0 aliphatic carbocycles. The van der Waals surface area contributed by atoms with E-state index in [0.717, 1.165) is 27.6 Å². The molecule has 1 atom stereocenters. The molecule has 3 aromatic carbocycles. The Morgan fingerprint density at radius 2 is 1.82 bits per heavy atom. The zero-order chi connectivity index (χ0) is 23.2. The van der Waals surface area contributed by atoms with Gasteiger partial charge in [-0.1, -0.05) is 42.3 Å². The molecule has 5 nitrogen and oxygen atoms in total. The number of hydrogen-bond acceptors (Lipinski definition) is 3. The average Bonchev–Trinajstić information content (AvgIpc) is 3.20. The van der Waals surface area contributed by atoms with Gasteiger partial charge in [-0.25, -0.2) is 4.39 Å². The van der Waals surface area contributed by atoms with Crippen molar-refractivity contribution in [3.63, 3.8) is 0 Å². The van der Waals surface area contributed by atoms with Crippen LogP contribution in [-0.4, -0.2) is 20.9 Å². The van der Waals surface area contributed by atoms with Crippen LogP contribution in [0.1, 0.15) is 36.0 Å². The molecule has 0 bridgehead atoms. The first-order chi connectivity index (χ1) is 16.0. The van der Waals surface area contributed by atoms with E-state index < -0.39 is 5.97 Å². The van der Waals surface area contributed by atoms with Crippen LogP contribution in [0.5, 0.6) is 5.75 Å². The minimum absolute atomic E-state index is 0.0329. The third-order valence-electron chi connectivity index (χ3n) is 5.26. The summed E-state index contributed by atoms with van der Waals surface area (Å²) in [5.74, 6) is 4.97. The molecule has 0 radical (unpaired) electrons. The Morgan fingerprint density at radius 1 is 1.09 bits per heavy atom. The first kappa shape index (κ1) is 22.1. The van der Waals surface area contributed by atoms with E-state index in [1.54, 1.807) is 19.1 Å². The summed E-state index contributed by atoms with van der Waals surface area (Å²) in [4.78, 5) is 11.1. The van der Waals surface area contributed by atoms with Crippen LogP contribution in [0, 0.1) is 17.7 Å². The first-order valence-electron chi connectivity index (χ1n) is 10.6. The predicted molar refractivity (Wildman–Crippen MR) is 124 cm³/mol. The number of carboxylic acids is 1. The van der Waals surface area contributed by atoms with Gasteiger partial charge >= 0.3 is 5.97 Å². The van der Waals surface area contributed by atoms with Crippen molar-refractivity contribution < 1.29 is 19.0 Å². The van der Waals surface area contributed by atoms with Gasteiger partial charge in [0.1, 0.15) is 18.2 Å². The van der Waals surface area contributed by atoms with E-state index in [1.165, 1.54) is 12.1 Å². The summed E-state index contributed by atoms with van der Waals surface area (Å²) in [5, 5.41) is 14.7. The molecular weight excluding hydrogens is 419 g/mol. The standard InChI is InChI=1S/C27H23FN2O3/c1-2-3-22(15-27(31)32)21-8-12-25(13-9-21)33-18-20-4-7-23-17-30(29-26(23)14-20)16-19-5-10-24(28)11-6-19/h4-14,17,22H,15-16,18H2,1H3,(H,31,32). The van der Waals surface area contributed by atoms with E-state index in [4.69, 9.17) is 9.84 Å². The summed E-state index contributed by atoms with van der Waals surface area (Å²) in [6, 6.07) is 19.8. The Morgan fingerprint density at radius 3 is 2.52 bits per heavy atom. The second kappa shape index (κ2) is 10.0. The second-order valence-electron chi connectivity index (χ2n) is 7.75. The van der Waals surface area contributed by atoms with Crippen LogP contribution >= 0.6 is 0 Å². The zero-order valence-electron chi connectivity index (χ0n) is 18.2. The summed E-state index contributed by atoms with van der Waals surface area (Å²) >= 11 is 0. The highest BCUT2D eigenvalue weighted by Gasteiger charge is 2.13. The number of aliphatic carboxylic acids is 1. The molecule has 0 amide bonds. The number of halogens is 1. The molecule has 33 heavy (non-hydrogen) atoms. The minimum Gasteiger partial charge on any atom is -0.489 e. The molecule has 0 aliphatic rings. The fraction of sp³-hybridized carbons (Fsp3) is 0.185. The third-order valence-corrected chi connectivity index (χ3v) is 5.26. The Hall–Kier alpha value is -4.11. The quantitative estimate of drug-likeness (QED) is 0.372. The van der Waals surface area contributed by atoms with Crippen LogP contribution in [0.25, 0.3) is 10.9 Å².